The summed E-state index contributed by atoms with van der Waals surface area (Å²) in [5.41, 5.74) is 0. The first kappa shape index (κ1) is 13.6. The van der Waals surface area contributed by atoms with Crippen LogP contribution < -0.4 is 10.6 Å². The Morgan fingerprint density at radius 2 is 2.63 bits per heavy atom. The van der Waals surface area contributed by atoms with Crippen molar-refractivity contribution in [2.45, 2.75) is 19.0 Å². The van der Waals surface area contributed by atoms with E-state index >= 15 is 0 Å². The van der Waals surface area contributed by atoms with Crippen molar-refractivity contribution in [2.24, 2.45) is 0 Å². The van der Waals surface area contributed by atoms with Gasteiger partial charge < -0.3 is 15.1 Å². The molecule has 2 rings (SSSR count). The van der Waals surface area contributed by atoms with E-state index in [0.29, 0.717) is 13.1 Å². The molecule has 0 saturated carbocycles. The number of rotatable bonds is 4. The Kier molecular flexibility index (Phi) is 4.55. The molecule has 0 aliphatic carbocycles. The van der Waals surface area contributed by atoms with Crippen LogP contribution in [0.3, 0.4) is 0 Å². The number of nitrogens with zero attached hydrogens (tertiary/aromatic N) is 2. The first-order chi connectivity index (χ1) is 9.20. The lowest BCUT2D eigenvalue weighted by Gasteiger charge is -2.31. The van der Waals surface area contributed by atoms with Gasteiger partial charge in [-0.1, -0.05) is 0 Å². The van der Waals surface area contributed by atoms with Gasteiger partial charge in [-0.2, -0.15) is 5.26 Å². The van der Waals surface area contributed by atoms with Crippen LogP contribution in [-0.4, -0.2) is 43.0 Å². The SMILES string of the molecule is CC(NC(=O)CN1CCNCC1C#N)c1ccco1. The monoisotopic (exact) mass is 262 g/mol. The van der Waals surface area contributed by atoms with Crippen LogP contribution in [0.5, 0.6) is 0 Å². The number of amides is 1. The molecule has 6 nitrogen and oxygen atoms in total. The molecule has 2 N–H and O–H groups in total. The van der Waals surface area contributed by atoms with Crippen molar-refractivity contribution < 1.29 is 9.21 Å². The van der Waals surface area contributed by atoms with E-state index in [-0.39, 0.29) is 24.5 Å². The fourth-order valence-corrected chi connectivity index (χ4v) is 2.14. The summed E-state index contributed by atoms with van der Waals surface area (Å²) >= 11 is 0. The van der Waals surface area contributed by atoms with E-state index in [2.05, 4.69) is 16.7 Å². The highest BCUT2D eigenvalue weighted by Crippen LogP contribution is 2.12. The molecule has 6 heteroatoms. The van der Waals surface area contributed by atoms with Gasteiger partial charge in [-0.3, -0.25) is 9.69 Å². The molecule has 0 bridgehead atoms. The lowest BCUT2D eigenvalue weighted by Crippen LogP contribution is -2.53. The van der Waals surface area contributed by atoms with Gasteiger partial charge in [0.05, 0.1) is 24.9 Å². The predicted octanol–water partition coefficient (Wildman–Crippen LogP) is 0.254. The van der Waals surface area contributed by atoms with Crippen molar-refractivity contribution in [1.82, 2.24) is 15.5 Å². The van der Waals surface area contributed by atoms with E-state index in [0.717, 1.165) is 12.3 Å². The Bertz CT molecular complexity index is 452. The summed E-state index contributed by atoms with van der Waals surface area (Å²) in [6.45, 7) is 4.23. The summed E-state index contributed by atoms with van der Waals surface area (Å²) in [5, 5.41) is 15.0. The summed E-state index contributed by atoms with van der Waals surface area (Å²) in [6, 6.07) is 5.43. The van der Waals surface area contributed by atoms with Crippen LogP contribution in [0, 0.1) is 11.3 Å². The van der Waals surface area contributed by atoms with E-state index in [1.807, 2.05) is 17.9 Å². The molecule has 1 aromatic heterocycles. The highest BCUT2D eigenvalue weighted by molar-refractivity contribution is 5.78. The summed E-state index contributed by atoms with van der Waals surface area (Å²) in [5.74, 6) is 0.636. The molecule has 0 radical (unpaired) electrons. The summed E-state index contributed by atoms with van der Waals surface area (Å²) < 4.78 is 5.24. The van der Waals surface area contributed by atoms with E-state index in [4.69, 9.17) is 9.68 Å². The molecule has 0 aromatic carbocycles. The molecule has 19 heavy (non-hydrogen) atoms. The van der Waals surface area contributed by atoms with Gasteiger partial charge in [0.15, 0.2) is 0 Å². The van der Waals surface area contributed by atoms with E-state index in [1.165, 1.54) is 0 Å². The fraction of sp³-hybridized carbons (Fsp3) is 0.538. The molecule has 1 aliphatic heterocycles. The molecule has 2 heterocycles. The number of furan rings is 1. The third-order valence-corrected chi connectivity index (χ3v) is 3.20. The quantitative estimate of drug-likeness (QED) is 0.813. The molecule has 1 aromatic rings. The van der Waals surface area contributed by atoms with Gasteiger partial charge in [0.25, 0.3) is 0 Å². The van der Waals surface area contributed by atoms with Crippen LogP contribution in [0.2, 0.25) is 0 Å². The highest BCUT2D eigenvalue weighted by atomic mass is 16.3. The standard InChI is InChI=1S/C13H18N4O2/c1-10(12-3-2-6-19-12)16-13(18)9-17-5-4-15-8-11(17)7-14/h2-3,6,10-11,15H,4-5,8-9H2,1H3,(H,16,18). The second kappa shape index (κ2) is 6.36. The molecule has 1 saturated heterocycles. The summed E-state index contributed by atoms with van der Waals surface area (Å²) in [4.78, 5) is 13.8. The second-order valence-corrected chi connectivity index (χ2v) is 4.62. The Hall–Kier alpha value is -1.84. The molecule has 1 fully saturated rings. The van der Waals surface area contributed by atoms with Crippen molar-refractivity contribution in [1.29, 1.82) is 5.26 Å². The number of nitriles is 1. The van der Waals surface area contributed by atoms with Crippen LogP contribution >= 0.6 is 0 Å². The van der Waals surface area contributed by atoms with Gasteiger partial charge in [-0.25, -0.2) is 0 Å². The van der Waals surface area contributed by atoms with E-state index in [9.17, 15) is 4.79 Å². The molecular formula is C13H18N4O2. The largest absolute Gasteiger partial charge is 0.467 e. The first-order valence-corrected chi connectivity index (χ1v) is 6.38. The average Bonchev–Trinajstić information content (AvgIpc) is 2.93. The van der Waals surface area contributed by atoms with Crippen LogP contribution in [0.25, 0.3) is 0 Å². The maximum atomic E-state index is 12.0. The molecule has 0 spiro atoms. The molecule has 1 aliphatic rings. The fourth-order valence-electron chi connectivity index (χ4n) is 2.14. The third-order valence-electron chi connectivity index (χ3n) is 3.20. The number of piperazine rings is 1. The summed E-state index contributed by atoms with van der Waals surface area (Å²) in [6.07, 6.45) is 1.58. The van der Waals surface area contributed by atoms with Gasteiger partial charge in [-0.05, 0) is 19.1 Å². The number of hydrogen-bond donors (Lipinski definition) is 2. The van der Waals surface area contributed by atoms with Crippen LogP contribution in [0.1, 0.15) is 18.7 Å². The maximum Gasteiger partial charge on any atom is 0.234 e. The summed E-state index contributed by atoms with van der Waals surface area (Å²) in [7, 11) is 0. The van der Waals surface area contributed by atoms with Crippen molar-refractivity contribution in [3.63, 3.8) is 0 Å². The second-order valence-electron chi connectivity index (χ2n) is 4.62. The van der Waals surface area contributed by atoms with Crippen molar-refractivity contribution in [2.75, 3.05) is 26.2 Å². The smallest absolute Gasteiger partial charge is 0.234 e. The normalized spacial score (nSPS) is 21.6. The topological polar surface area (TPSA) is 81.3 Å². The highest BCUT2D eigenvalue weighted by Gasteiger charge is 2.24. The molecule has 1 amide bonds. The van der Waals surface area contributed by atoms with E-state index < -0.39 is 0 Å². The van der Waals surface area contributed by atoms with Crippen LogP contribution in [0.15, 0.2) is 22.8 Å². The van der Waals surface area contributed by atoms with Crippen molar-refractivity contribution in [3.05, 3.63) is 24.2 Å². The van der Waals surface area contributed by atoms with Crippen molar-refractivity contribution >= 4 is 5.91 Å². The van der Waals surface area contributed by atoms with Crippen LogP contribution in [-0.2, 0) is 4.79 Å². The lowest BCUT2D eigenvalue weighted by molar-refractivity contribution is -0.123. The molecule has 2 unspecified atom stereocenters. The molecular weight excluding hydrogens is 244 g/mol. The van der Waals surface area contributed by atoms with Gasteiger partial charge >= 0.3 is 0 Å². The predicted molar refractivity (Wildman–Crippen MR) is 69.1 cm³/mol. The Morgan fingerprint density at radius 1 is 1.79 bits per heavy atom. The number of carbonyl (C=O) groups excluding carboxylic acids is 1. The Labute approximate surface area is 112 Å². The molecule has 102 valence electrons. The van der Waals surface area contributed by atoms with Gasteiger partial charge in [0.1, 0.15) is 11.8 Å². The minimum atomic E-state index is -0.238. The maximum absolute atomic E-state index is 12.0. The zero-order valence-electron chi connectivity index (χ0n) is 10.9. The zero-order valence-corrected chi connectivity index (χ0v) is 10.9. The van der Waals surface area contributed by atoms with Crippen LogP contribution in [0.4, 0.5) is 0 Å². The van der Waals surface area contributed by atoms with Crippen molar-refractivity contribution in [3.8, 4) is 6.07 Å². The lowest BCUT2D eigenvalue weighted by atomic mass is 10.2. The minimum Gasteiger partial charge on any atom is -0.467 e. The molecule has 2 atom stereocenters. The zero-order chi connectivity index (χ0) is 13.7. The Balaban J connectivity index is 1.85. The first-order valence-electron chi connectivity index (χ1n) is 6.38. The number of carbonyl (C=O) groups is 1. The van der Waals surface area contributed by atoms with Gasteiger partial charge in [0.2, 0.25) is 5.91 Å². The Morgan fingerprint density at radius 3 is 3.32 bits per heavy atom. The number of hydrogen-bond acceptors (Lipinski definition) is 5. The third kappa shape index (κ3) is 3.56. The van der Waals surface area contributed by atoms with E-state index in [1.54, 1.807) is 12.3 Å². The minimum absolute atomic E-state index is 0.0916. The van der Waals surface area contributed by atoms with Gasteiger partial charge in [-0.15, -0.1) is 0 Å². The average molecular weight is 262 g/mol. The number of nitrogens with one attached hydrogen (secondary N) is 2. The van der Waals surface area contributed by atoms with Gasteiger partial charge in [0, 0.05) is 19.6 Å².